The summed E-state index contributed by atoms with van der Waals surface area (Å²) in [6.07, 6.45) is 1.09. The number of amides is 1. The summed E-state index contributed by atoms with van der Waals surface area (Å²) in [4.78, 5) is 11.8. The summed E-state index contributed by atoms with van der Waals surface area (Å²) in [6.45, 7) is 5.36. The average molecular weight is 280 g/mol. The molecule has 2 N–H and O–H groups in total. The van der Waals surface area contributed by atoms with Crippen LogP contribution < -0.4 is 10.6 Å². The molecule has 0 aliphatic heterocycles. The maximum atomic E-state index is 11.8. The summed E-state index contributed by atoms with van der Waals surface area (Å²) in [7, 11) is 0. The Morgan fingerprint density at radius 2 is 2.00 bits per heavy atom. The zero-order valence-corrected chi connectivity index (χ0v) is 12.1. The fourth-order valence-electron chi connectivity index (χ4n) is 1.40. The van der Waals surface area contributed by atoms with Gasteiger partial charge in [0.25, 0.3) is 5.91 Å². The van der Waals surface area contributed by atoms with Crippen LogP contribution in [0.25, 0.3) is 0 Å². The first-order chi connectivity index (χ1) is 9.09. The lowest BCUT2D eigenvalue weighted by Crippen LogP contribution is -2.39. The molecule has 0 unspecified atom stereocenters. The third kappa shape index (κ3) is 6.88. The van der Waals surface area contributed by atoms with Crippen molar-refractivity contribution in [2.45, 2.75) is 26.4 Å². The number of hydrogen-bond acceptors (Lipinski definition) is 3. The van der Waals surface area contributed by atoms with Crippen molar-refractivity contribution in [3.05, 3.63) is 35.9 Å². The van der Waals surface area contributed by atoms with Crippen LogP contribution in [0.3, 0.4) is 0 Å². The van der Waals surface area contributed by atoms with Gasteiger partial charge >= 0.3 is 0 Å². The van der Waals surface area contributed by atoms with E-state index in [-0.39, 0.29) is 12.0 Å². The molecule has 0 spiro atoms. The third-order valence-corrected chi connectivity index (χ3v) is 2.57. The van der Waals surface area contributed by atoms with E-state index in [9.17, 15) is 4.79 Å². The number of nitrogens with one attached hydrogen (secondary N) is 2. The van der Waals surface area contributed by atoms with E-state index < -0.39 is 0 Å². The molecule has 5 heteroatoms. The van der Waals surface area contributed by atoms with E-state index in [0.717, 1.165) is 6.42 Å². The highest BCUT2D eigenvalue weighted by Crippen LogP contribution is 1.97. The van der Waals surface area contributed by atoms with Crippen molar-refractivity contribution in [3.8, 4) is 0 Å². The normalized spacial score (nSPS) is 10.3. The van der Waals surface area contributed by atoms with Gasteiger partial charge in [0.05, 0.1) is 6.10 Å². The second-order valence-corrected chi connectivity index (χ2v) is 4.76. The van der Waals surface area contributed by atoms with Crippen molar-refractivity contribution >= 4 is 23.2 Å². The van der Waals surface area contributed by atoms with Gasteiger partial charge in [0.15, 0.2) is 5.11 Å². The van der Waals surface area contributed by atoms with Crippen molar-refractivity contribution in [2.75, 3.05) is 13.2 Å². The summed E-state index contributed by atoms with van der Waals surface area (Å²) in [5, 5.41) is 5.96. The topological polar surface area (TPSA) is 50.4 Å². The minimum absolute atomic E-state index is 0.198. The molecule has 104 valence electrons. The van der Waals surface area contributed by atoms with Crippen LogP contribution in [0.15, 0.2) is 30.3 Å². The van der Waals surface area contributed by atoms with Crippen molar-refractivity contribution < 1.29 is 9.53 Å². The van der Waals surface area contributed by atoms with Crippen LogP contribution >= 0.6 is 12.2 Å². The van der Waals surface area contributed by atoms with Crippen molar-refractivity contribution in [2.24, 2.45) is 0 Å². The van der Waals surface area contributed by atoms with Crippen molar-refractivity contribution in [3.63, 3.8) is 0 Å². The highest BCUT2D eigenvalue weighted by atomic mass is 32.1. The molecule has 1 amide bonds. The number of benzene rings is 1. The first kappa shape index (κ1) is 15.6. The van der Waals surface area contributed by atoms with Crippen molar-refractivity contribution in [1.82, 2.24) is 10.6 Å². The van der Waals surface area contributed by atoms with Crippen LogP contribution in [0.4, 0.5) is 0 Å². The summed E-state index contributed by atoms with van der Waals surface area (Å²) in [5.41, 5.74) is 0.592. The highest BCUT2D eigenvalue weighted by molar-refractivity contribution is 7.80. The molecule has 1 aromatic carbocycles. The summed E-state index contributed by atoms with van der Waals surface area (Å²) in [6, 6.07) is 8.98. The Labute approximate surface area is 119 Å². The maximum Gasteiger partial charge on any atom is 0.257 e. The quantitative estimate of drug-likeness (QED) is 0.619. The van der Waals surface area contributed by atoms with Crippen LogP contribution in [-0.2, 0) is 4.74 Å². The molecule has 19 heavy (non-hydrogen) atoms. The predicted octanol–water partition coefficient (Wildman–Crippen LogP) is 2.11. The van der Waals surface area contributed by atoms with Crippen LogP contribution in [0, 0.1) is 0 Å². The second-order valence-electron chi connectivity index (χ2n) is 4.35. The van der Waals surface area contributed by atoms with E-state index in [2.05, 4.69) is 10.6 Å². The van der Waals surface area contributed by atoms with Gasteiger partial charge in [-0.2, -0.15) is 0 Å². The first-order valence-corrected chi connectivity index (χ1v) is 6.76. The Hall–Kier alpha value is -1.46. The smallest absolute Gasteiger partial charge is 0.257 e. The van der Waals surface area contributed by atoms with Crippen molar-refractivity contribution in [1.29, 1.82) is 0 Å². The fourth-order valence-corrected chi connectivity index (χ4v) is 1.60. The molecule has 0 saturated carbocycles. The number of ether oxygens (including phenoxy) is 1. The number of hydrogen-bond donors (Lipinski definition) is 2. The van der Waals surface area contributed by atoms with Gasteiger partial charge in [-0.1, -0.05) is 18.2 Å². The lowest BCUT2D eigenvalue weighted by molar-refractivity contribution is 0.0777. The molecule has 0 bridgehead atoms. The Balaban J connectivity index is 2.19. The minimum atomic E-state index is -0.198. The molecule has 0 aliphatic carbocycles. The molecule has 4 nitrogen and oxygen atoms in total. The molecule has 1 rings (SSSR count). The lowest BCUT2D eigenvalue weighted by Gasteiger charge is -2.10. The van der Waals surface area contributed by atoms with Gasteiger partial charge < -0.3 is 10.1 Å². The van der Waals surface area contributed by atoms with Gasteiger partial charge in [-0.15, -0.1) is 0 Å². The Morgan fingerprint density at radius 3 is 2.63 bits per heavy atom. The summed E-state index contributed by atoms with van der Waals surface area (Å²) in [5.74, 6) is -0.198. The molecule has 0 aliphatic rings. The van der Waals surface area contributed by atoms with E-state index in [1.54, 1.807) is 12.1 Å². The zero-order valence-electron chi connectivity index (χ0n) is 11.3. The number of carbonyl (C=O) groups is 1. The van der Waals surface area contributed by atoms with Gasteiger partial charge in [-0.05, 0) is 44.6 Å². The molecule has 0 heterocycles. The fraction of sp³-hybridized carbons (Fsp3) is 0.429. The molecule has 0 saturated heterocycles. The Morgan fingerprint density at radius 1 is 1.32 bits per heavy atom. The van der Waals surface area contributed by atoms with E-state index in [0.29, 0.717) is 23.8 Å². The Bertz CT molecular complexity index is 407. The zero-order chi connectivity index (χ0) is 14.1. The van der Waals surface area contributed by atoms with E-state index >= 15 is 0 Å². The lowest BCUT2D eigenvalue weighted by atomic mass is 10.2. The van der Waals surface area contributed by atoms with E-state index in [1.165, 1.54) is 0 Å². The second kappa shape index (κ2) is 8.61. The van der Waals surface area contributed by atoms with E-state index in [4.69, 9.17) is 17.0 Å². The Kier molecular flexibility index (Phi) is 7.07. The molecule has 1 aromatic rings. The van der Waals surface area contributed by atoms with Crippen LogP contribution in [0.5, 0.6) is 0 Å². The molecular weight excluding hydrogens is 260 g/mol. The molecule has 0 aromatic heterocycles. The van der Waals surface area contributed by atoms with Crippen LogP contribution in [0.2, 0.25) is 0 Å². The molecule has 0 atom stereocenters. The van der Waals surface area contributed by atoms with Gasteiger partial charge in [-0.25, -0.2) is 0 Å². The van der Waals surface area contributed by atoms with Gasteiger partial charge in [0.2, 0.25) is 0 Å². The summed E-state index contributed by atoms with van der Waals surface area (Å²) < 4.78 is 5.40. The summed E-state index contributed by atoms with van der Waals surface area (Å²) >= 11 is 5.05. The standard InChI is InChI=1S/C14H20N2O2S/c1-11(2)18-10-6-9-15-14(19)16-13(17)12-7-4-3-5-8-12/h3-5,7-8,11H,6,9-10H2,1-2H3,(H2,15,16,17,19). The van der Waals surface area contributed by atoms with Gasteiger partial charge in [0.1, 0.15) is 0 Å². The average Bonchev–Trinajstić information content (AvgIpc) is 2.39. The number of carbonyl (C=O) groups excluding carboxylic acids is 1. The first-order valence-electron chi connectivity index (χ1n) is 6.35. The largest absolute Gasteiger partial charge is 0.379 e. The number of thiocarbonyl (C=S) groups is 1. The number of rotatable bonds is 6. The molecule has 0 radical (unpaired) electrons. The monoisotopic (exact) mass is 280 g/mol. The van der Waals surface area contributed by atoms with Crippen LogP contribution in [-0.4, -0.2) is 30.3 Å². The molecule has 0 fully saturated rings. The minimum Gasteiger partial charge on any atom is -0.379 e. The maximum absolute atomic E-state index is 11.8. The van der Waals surface area contributed by atoms with Gasteiger partial charge in [-0.3, -0.25) is 10.1 Å². The highest BCUT2D eigenvalue weighted by Gasteiger charge is 2.06. The third-order valence-electron chi connectivity index (χ3n) is 2.32. The SMILES string of the molecule is CC(C)OCCCNC(=S)NC(=O)c1ccccc1. The van der Waals surface area contributed by atoms with Crippen LogP contribution in [0.1, 0.15) is 30.6 Å². The van der Waals surface area contributed by atoms with Gasteiger partial charge in [0, 0.05) is 18.7 Å². The molecular formula is C14H20N2O2S. The predicted molar refractivity (Wildman–Crippen MR) is 80.2 cm³/mol. The van der Waals surface area contributed by atoms with E-state index in [1.807, 2.05) is 32.0 Å².